The molecule has 6 nitrogen and oxygen atoms in total. The standard InChI is InChI=1S/C15H15N3O3/c1-11-4-6-12(7-5-11)15(20)16-10-14(19)18-17-9-13-3-2-8-21-13/h2-9H,10H2,1H3,(H,16,20)(H,18,19). The number of hydrogen-bond donors (Lipinski definition) is 2. The van der Waals surface area contributed by atoms with Gasteiger partial charge in [-0.1, -0.05) is 17.7 Å². The number of hydrogen-bond acceptors (Lipinski definition) is 4. The van der Waals surface area contributed by atoms with Gasteiger partial charge in [-0.25, -0.2) is 5.43 Å². The van der Waals surface area contributed by atoms with E-state index in [1.807, 2.05) is 19.1 Å². The Morgan fingerprint density at radius 2 is 2.00 bits per heavy atom. The van der Waals surface area contributed by atoms with Crippen molar-refractivity contribution in [2.24, 2.45) is 5.10 Å². The van der Waals surface area contributed by atoms with E-state index in [1.54, 1.807) is 24.3 Å². The molecule has 2 rings (SSSR count). The van der Waals surface area contributed by atoms with Crippen LogP contribution >= 0.6 is 0 Å². The fourth-order valence-electron chi connectivity index (χ4n) is 1.54. The van der Waals surface area contributed by atoms with Crippen molar-refractivity contribution in [3.8, 4) is 0 Å². The number of carbonyl (C=O) groups excluding carboxylic acids is 2. The monoisotopic (exact) mass is 285 g/mol. The van der Waals surface area contributed by atoms with E-state index in [0.717, 1.165) is 5.56 Å². The van der Waals surface area contributed by atoms with Crippen LogP contribution in [0.15, 0.2) is 52.2 Å². The first-order valence-electron chi connectivity index (χ1n) is 6.35. The maximum atomic E-state index is 11.8. The lowest BCUT2D eigenvalue weighted by Crippen LogP contribution is -2.34. The third kappa shape index (κ3) is 4.61. The van der Waals surface area contributed by atoms with Crippen molar-refractivity contribution in [2.45, 2.75) is 6.92 Å². The second kappa shape index (κ2) is 7.04. The van der Waals surface area contributed by atoms with Crippen LogP contribution in [-0.4, -0.2) is 24.6 Å². The minimum absolute atomic E-state index is 0.151. The zero-order valence-electron chi connectivity index (χ0n) is 11.5. The summed E-state index contributed by atoms with van der Waals surface area (Å²) in [6.45, 7) is 1.79. The smallest absolute Gasteiger partial charge is 0.259 e. The lowest BCUT2D eigenvalue weighted by atomic mass is 10.1. The number of nitrogens with one attached hydrogen (secondary N) is 2. The van der Waals surface area contributed by atoms with Crippen LogP contribution in [-0.2, 0) is 4.79 Å². The molecule has 1 heterocycles. The van der Waals surface area contributed by atoms with Crippen LogP contribution in [0.5, 0.6) is 0 Å². The third-order valence-electron chi connectivity index (χ3n) is 2.65. The van der Waals surface area contributed by atoms with Crippen LogP contribution in [0, 0.1) is 6.92 Å². The fraction of sp³-hybridized carbons (Fsp3) is 0.133. The van der Waals surface area contributed by atoms with E-state index < -0.39 is 5.91 Å². The van der Waals surface area contributed by atoms with Crippen molar-refractivity contribution in [1.29, 1.82) is 0 Å². The number of furan rings is 1. The average Bonchev–Trinajstić information content (AvgIpc) is 2.99. The first-order valence-corrected chi connectivity index (χ1v) is 6.35. The van der Waals surface area contributed by atoms with Crippen LogP contribution < -0.4 is 10.7 Å². The van der Waals surface area contributed by atoms with Crippen molar-refractivity contribution in [3.63, 3.8) is 0 Å². The molecule has 2 amide bonds. The van der Waals surface area contributed by atoms with E-state index in [9.17, 15) is 9.59 Å². The minimum atomic E-state index is -0.418. The minimum Gasteiger partial charge on any atom is -0.463 e. The average molecular weight is 285 g/mol. The summed E-state index contributed by atoms with van der Waals surface area (Å²) in [6.07, 6.45) is 2.88. The van der Waals surface area contributed by atoms with Gasteiger partial charge in [0.2, 0.25) is 0 Å². The predicted molar refractivity (Wildman–Crippen MR) is 78.0 cm³/mol. The maximum Gasteiger partial charge on any atom is 0.259 e. The quantitative estimate of drug-likeness (QED) is 0.644. The fourth-order valence-corrected chi connectivity index (χ4v) is 1.54. The molecule has 0 unspecified atom stereocenters. The zero-order valence-corrected chi connectivity index (χ0v) is 11.5. The molecule has 0 spiro atoms. The SMILES string of the molecule is Cc1ccc(C(=O)NCC(=O)NN=Cc2ccco2)cc1. The summed E-state index contributed by atoms with van der Waals surface area (Å²) < 4.78 is 5.01. The molecule has 1 aromatic carbocycles. The number of carbonyl (C=O) groups is 2. The van der Waals surface area contributed by atoms with Crippen molar-refractivity contribution in [1.82, 2.24) is 10.7 Å². The Kier molecular flexibility index (Phi) is 4.87. The highest BCUT2D eigenvalue weighted by Crippen LogP contribution is 2.02. The number of aryl methyl sites for hydroxylation is 1. The maximum absolute atomic E-state index is 11.8. The van der Waals surface area contributed by atoms with E-state index >= 15 is 0 Å². The second-order valence-corrected chi connectivity index (χ2v) is 4.36. The largest absolute Gasteiger partial charge is 0.463 e. The van der Waals surface area contributed by atoms with Crippen molar-refractivity contribution in [2.75, 3.05) is 6.54 Å². The van der Waals surface area contributed by atoms with Gasteiger partial charge in [-0.15, -0.1) is 0 Å². The van der Waals surface area contributed by atoms with E-state index in [1.165, 1.54) is 12.5 Å². The number of hydrazone groups is 1. The van der Waals surface area contributed by atoms with E-state index in [0.29, 0.717) is 11.3 Å². The molecular weight excluding hydrogens is 270 g/mol. The normalized spacial score (nSPS) is 10.5. The number of nitrogens with zero attached hydrogens (tertiary/aromatic N) is 1. The summed E-state index contributed by atoms with van der Waals surface area (Å²) in [7, 11) is 0. The van der Waals surface area contributed by atoms with Gasteiger partial charge in [0.25, 0.3) is 11.8 Å². The molecule has 0 bridgehead atoms. The Balaban J connectivity index is 1.76. The van der Waals surface area contributed by atoms with Gasteiger partial charge in [0.1, 0.15) is 5.76 Å². The summed E-state index contributed by atoms with van der Waals surface area (Å²) in [5.41, 5.74) is 3.87. The van der Waals surface area contributed by atoms with Crippen LogP contribution in [0.25, 0.3) is 0 Å². The molecule has 2 aromatic rings. The van der Waals surface area contributed by atoms with Gasteiger partial charge >= 0.3 is 0 Å². The van der Waals surface area contributed by atoms with Crippen molar-refractivity contribution < 1.29 is 14.0 Å². The summed E-state index contributed by atoms with van der Waals surface area (Å²) in [4.78, 5) is 23.3. The molecule has 0 aliphatic rings. The van der Waals surface area contributed by atoms with Gasteiger partial charge in [-0.2, -0.15) is 5.10 Å². The third-order valence-corrected chi connectivity index (χ3v) is 2.65. The molecule has 2 N–H and O–H groups in total. The Hall–Kier alpha value is -2.89. The highest BCUT2D eigenvalue weighted by molar-refractivity contribution is 5.96. The molecule has 21 heavy (non-hydrogen) atoms. The van der Waals surface area contributed by atoms with E-state index in [2.05, 4.69) is 15.8 Å². The molecule has 0 aliphatic carbocycles. The molecule has 0 saturated heterocycles. The Labute approximate surface area is 121 Å². The van der Waals surface area contributed by atoms with Gasteiger partial charge < -0.3 is 9.73 Å². The lowest BCUT2D eigenvalue weighted by molar-refractivity contribution is -0.120. The summed E-state index contributed by atoms with van der Waals surface area (Å²) in [6, 6.07) is 10.5. The molecule has 0 saturated carbocycles. The van der Waals surface area contributed by atoms with E-state index in [4.69, 9.17) is 4.42 Å². The Bertz CT molecular complexity index is 631. The van der Waals surface area contributed by atoms with Gasteiger partial charge in [-0.05, 0) is 31.2 Å². The van der Waals surface area contributed by atoms with Crippen molar-refractivity contribution >= 4 is 18.0 Å². The summed E-state index contributed by atoms with van der Waals surface area (Å²) in [5, 5.41) is 6.22. The number of amides is 2. The molecule has 0 aliphatic heterocycles. The molecule has 0 atom stereocenters. The Morgan fingerprint density at radius 3 is 2.67 bits per heavy atom. The molecule has 6 heteroatoms. The first kappa shape index (κ1) is 14.5. The highest BCUT2D eigenvalue weighted by Gasteiger charge is 2.06. The van der Waals surface area contributed by atoms with Crippen LogP contribution in [0.4, 0.5) is 0 Å². The molecule has 0 radical (unpaired) electrons. The van der Waals surface area contributed by atoms with Crippen LogP contribution in [0.3, 0.4) is 0 Å². The molecule has 0 fully saturated rings. The number of rotatable bonds is 5. The topological polar surface area (TPSA) is 83.7 Å². The Morgan fingerprint density at radius 1 is 1.24 bits per heavy atom. The summed E-state index contributed by atoms with van der Waals surface area (Å²) >= 11 is 0. The van der Waals surface area contributed by atoms with Gasteiger partial charge in [0.05, 0.1) is 19.0 Å². The lowest BCUT2D eigenvalue weighted by Gasteiger charge is -2.04. The molecule has 1 aromatic heterocycles. The predicted octanol–water partition coefficient (Wildman–Crippen LogP) is 1.47. The second-order valence-electron chi connectivity index (χ2n) is 4.36. The first-order chi connectivity index (χ1) is 10.1. The van der Waals surface area contributed by atoms with Gasteiger partial charge in [-0.3, -0.25) is 9.59 Å². The van der Waals surface area contributed by atoms with Crippen molar-refractivity contribution in [3.05, 3.63) is 59.5 Å². The van der Waals surface area contributed by atoms with Gasteiger partial charge in [0, 0.05) is 5.56 Å². The van der Waals surface area contributed by atoms with Gasteiger partial charge in [0.15, 0.2) is 0 Å². The zero-order chi connectivity index (χ0) is 15.1. The molecular formula is C15H15N3O3. The van der Waals surface area contributed by atoms with E-state index in [-0.39, 0.29) is 12.5 Å². The summed E-state index contributed by atoms with van der Waals surface area (Å²) in [5.74, 6) is -0.197. The molecule has 108 valence electrons. The van der Waals surface area contributed by atoms with Crippen LogP contribution in [0.2, 0.25) is 0 Å². The number of benzene rings is 1. The highest BCUT2D eigenvalue weighted by atomic mass is 16.3. The van der Waals surface area contributed by atoms with Crippen LogP contribution in [0.1, 0.15) is 21.7 Å².